The Labute approximate surface area is 58.9 Å². The summed E-state index contributed by atoms with van der Waals surface area (Å²) >= 11 is 0. The van der Waals surface area contributed by atoms with Crippen molar-refractivity contribution in [3.05, 3.63) is 23.5 Å². The van der Waals surface area contributed by atoms with Crippen molar-refractivity contribution in [1.29, 1.82) is 0 Å². The Morgan fingerprint density at radius 2 is 2.20 bits per heavy atom. The second-order valence-electron chi connectivity index (χ2n) is 2.22. The smallest absolute Gasteiger partial charge is 0.352 e. The summed E-state index contributed by atoms with van der Waals surface area (Å²) in [6, 6.07) is 3.38. The lowest BCUT2D eigenvalue weighted by atomic mass is 10.4. The van der Waals surface area contributed by atoms with Crippen molar-refractivity contribution in [3.8, 4) is 0 Å². The summed E-state index contributed by atoms with van der Waals surface area (Å²) in [5.74, 6) is -0.879. The Bertz CT molecular complexity index is 263. The summed E-state index contributed by atoms with van der Waals surface area (Å²) in [6.07, 6.45) is 0. The van der Waals surface area contributed by atoms with Crippen LogP contribution in [0.5, 0.6) is 0 Å². The third-order valence-electron chi connectivity index (χ3n) is 1.59. The van der Waals surface area contributed by atoms with Gasteiger partial charge in [-0.2, -0.15) is 0 Å². The highest BCUT2D eigenvalue weighted by atomic mass is 16.4. The molecule has 1 rings (SSSR count). The lowest BCUT2D eigenvalue weighted by Crippen LogP contribution is -2.04. The van der Waals surface area contributed by atoms with Crippen LogP contribution in [0.1, 0.15) is 16.2 Å². The standard InChI is InChI=1S/C7H9NO2/c1-5-3-4-6(7(9)10)8(5)2/h3-4H,1-2H3,(H,9,10). The fraction of sp³-hybridized carbons (Fsp3) is 0.286. The van der Waals surface area contributed by atoms with E-state index in [0.717, 1.165) is 5.69 Å². The molecule has 0 aromatic carbocycles. The number of rotatable bonds is 1. The van der Waals surface area contributed by atoms with Gasteiger partial charge in [0.05, 0.1) is 0 Å². The Balaban J connectivity index is 3.17. The average molecular weight is 139 g/mol. The maximum Gasteiger partial charge on any atom is 0.352 e. The summed E-state index contributed by atoms with van der Waals surface area (Å²) < 4.78 is 1.64. The molecule has 1 N–H and O–H groups in total. The lowest BCUT2D eigenvalue weighted by Gasteiger charge is -1.97. The topological polar surface area (TPSA) is 42.2 Å². The third-order valence-corrected chi connectivity index (χ3v) is 1.59. The van der Waals surface area contributed by atoms with Gasteiger partial charge in [-0.3, -0.25) is 0 Å². The lowest BCUT2D eigenvalue weighted by molar-refractivity contribution is 0.0686. The van der Waals surface area contributed by atoms with E-state index in [2.05, 4.69) is 0 Å². The highest BCUT2D eigenvalue weighted by Gasteiger charge is 2.06. The van der Waals surface area contributed by atoms with Gasteiger partial charge < -0.3 is 9.67 Å². The van der Waals surface area contributed by atoms with E-state index >= 15 is 0 Å². The van der Waals surface area contributed by atoms with E-state index < -0.39 is 5.97 Å². The van der Waals surface area contributed by atoms with Crippen LogP contribution >= 0.6 is 0 Å². The van der Waals surface area contributed by atoms with Gasteiger partial charge in [-0.25, -0.2) is 4.79 Å². The highest BCUT2D eigenvalue weighted by molar-refractivity contribution is 5.85. The largest absolute Gasteiger partial charge is 0.477 e. The molecular weight excluding hydrogens is 130 g/mol. The predicted molar refractivity (Wildman–Crippen MR) is 37.1 cm³/mol. The van der Waals surface area contributed by atoms with E-state index in [-0.39, 0.29) is 0 Å². The van der Waals surface area contributed by atoms with E-state index in [1.807, 2.05) is 6.92 Å². The van der Waals surface area contributed by atoms with Gasteiger partial charge in [-0.15, -0.1) is 0 Å². The Morgan fingerprint density at radius 1 is 1.60 bits per heavy atom. The molecule has 0 aliphatic carbocycles. The van der Waals surface area contributed by atoms with Gasteiger partial charge >= 0.3 is 5.97 Å². The average Bonchev–Trinajstić information content (AvgIpc) is 2.14. The first-order valence-corrected chi connectivity index (χ1v) is 2.98. The van der Waals surface area contributed by atoms with Crippen LogP contribution in [0.2, 0.25) is 0 Å². The van der Waals surface area contributed by atoms with E-state index in [0.29, 0.717) is 5.69 Å². The maximum atomic E-state index is 10.4. The zero-order valence-corrected chi connectivity index (χ0v) is 5.96. The molecular formula is C7H9NO2. The Hall–Kier alpha value is -1.25. The van der Waals surface area contributed by atoms with Crippen LogP contribution in [0.25, 0.3) is 0 Å². The number of aryl methyl sites for hydroxylation is 1. The quantitative estimate of drug-likeness (QED) is 0.631. The van der Waals surface area contributed by atoms with E-state index in [1.165, 1.54) is 0 Å². The molecule has 0 amide bonds. The van der Waals surface area contributed by atoms with Crippen LogP contribution in [0.4, 0.5) is 0 Å². The van der Waals surface area contributed by atoms with Gasteiger partial charge in [0.2, 0.25) is 0 Å². The summed E-state index contributed by atoms with van der Waals surface area (Å²) in [5, 5.41) is 8.56. The molecule has 10 heavy (non-hydrogen) atoms. The first-order chi connectivity index (χ1) is 4.63. The molecule has 0 bridgehead atoms. The number of hydrogen-bond acceptors (Lipinski definition) is 1. The molecule has 3 nitrogen and oxygen atoms in total. The Kier molecular flexibility index (Phi) is 1.49. The summed E-state index contributed by atoms with van der Waals surface area (Å²) in [4.78, 5) is 10.4. The van der Waals surface area contributed by atoms with Gasteiger partial charge in [-0.1, -0.05) is 0 Å². The minimum atomic E-state index is -0.879. The number of aromatic nitrogens is 1. The molecule has 54 valence electrons. The first kappa shape index (κ1) is 6.86. The van der Waals surface area contributed by atoms with Crippen molar-refractivity contribution in [2.24, 2.45) is 7.05 Å². The van der Waals surface area contributed by atoms with E-state index in [9.17, 15) is 4.79 Å². The van der Waals surface area contributed by atoms with E-state index in [4.69, 9.17) is 5.11 Å². The summed E-state index contributed by atoms with van der Waals surface area (Å²) in [7, 11) is 1.73. The van der Waals surface area contributed by atoms with Crippen LogP contribution in [-0.2, 0) is 7.05 Å². The highest BCUT2D eigenvalue weighted by Crippen LogP contribution is 2.04. The molecule has 1 heterocycles. The SMILES string of the molecule is Cc1ccc(C(=O)O)n1C. The van der Waals surface area contributed by atoms with E-state index in [1.54, 1.807) is 23.7 Å². The van der Waals surface area contributed by atoms with Gasteiger partial charge in [0.1, 0.15) is 5.69 Å². The molecule has 0 saturated heterocycles. The number of nitrogens with zero attached hydrogens (tertiary/aromatic N) is 1. The molecule has 0 unspecified atom stereocenters. The van der Waals surface area contributed by atoms with Crippen molar-refractivity contribution in [1.82, 2.24) is 4.57 Å². The molecule has 0 fully saturated rings. The molecule has 0 atom stereocenters. The summed E-state index contributed by atoms with van der Waals surface area (Å²) in [6.45, 7) is 1.87. The van der Waals surface area contributed by atoms with Crippen LogP contribution in [0, 0.1) is 6.92 Å². The number of carbonyl (C=O) groups is 1. The van der Waals surface area contributed by atoms with Crippen LogP contribution in [-0.4, -0.2) is 15.6 Å². The molecule has 0 spiro atoms. The number of carboxylic acid groups (broad SMARTS) is 1. The molecule has 1 aromatic heterocycles. The molecule has 0 saturated carbocycles. The van der Waals surface area contributed by atoms with Crippen molar-refractivity contribution in [3.63, 3.8) is 0 Å². The zero-order chi connectivity index (χ0) is 7.72. The molecule has 0 radical (unpaired) electrons. The van der Waals surface area contributed by atoms with Crippen molar-refractivity contribution in [2.45, 2.75) is 6.92 Å². The minimum Gasteiger partial charge on any atom is -0.477 e. The normalized spacial score (nSPS) is 9.80. The molecule has 0 aliphatic rings. The van der Waals surface area contributed by atoms with Crippen LogP contribution in [0.3, 0.4) is 0 Å². The number of hydrogen-bond donors (Lipinski definition) is 1. The number of aromatic carboxylic acids is 1. The van der Waals surface area contributed by atoms with Crippen molar-refractivity contribution in [2.75, 3.05) is 0 Å². The second-order valence-corrected chi connectivity index (χ2v) is 2.22. The maximum absolute atomic E-state index is 10.4. The van der Waals surface area contributed by atoms with Crippen LogP contribution in [0.15, 0.2) is 12.1 Å². The Morgan fingerprint density at radius 3 is 2.40 bits per heavy atom. The zero-order valence-electron chi connectivity index (χ0n) is 5.96. The monoisotopic (exact) mass is 139 g/mol. The van der Waals surface area contributed by atoms with Gasteiger partial charge in [0.25, 0.3) is 0 Å². The fourth-order valence-electron chi connectivity index (χ4n) is 0.828. The predicted octanol–water partition coefficient (Wildman–Crippen LogP) is 1.03. The van der Waals surface area contributed by atoms with Gasteiger partial charge in [-0.05, 0) is 19.1 Å². The van der Waals surface area contributed by atoms with Crippen molar-refractivity contribution >= 4 is 5.97 Å². The minimum absolute atomic E-state index is 0.331. The van der Waals surface area contributed by atoms with Gasteiger partial charge in [0, 0.05) is 12.7 Å². The fourth-order valence-corrected chi connectivity index (χ4v) is 0.828. The molecule has 3 heteroatoms. The molecule has 1 aromatic rings. The van der Waals surface area contributed by atoms with Gasteiger partial charge in [0.15, 0.2) is 0 Å². The first-order valence-electron chi connectivity index (χ1n) is 2.98. The van der Waals surface area contributed by atoms with Crippen molar-refractivity contribution < 1.29 is 9.90 Å². The second kappa shape index (κ2) is 2.17. The van der Waals surface area contributed by atoms with Crippen LogP contribution < -0.4 is 0 Å². The summed E-state index contributed by atoms with van der Waals surface area (Å²) in [5.41, 5.74) is 1.29. The number of carboxylic acids is 1. The third kappa shape index (κ3) is 0.900. The molecule has 0 aliphatic heterocycles.